The molecule has 0 radical (unpaired) electrons. The molecule has 0 aliphatic heterocycles. The lowest BCUT2D eigenvalue weighted by Crippen LogP contribution is -2.02. The van der Waals surface area contributed by atoms with Gasteiger partial charge in [0.15, 0.2) is 5.78 Å². The molecular weight excluding hydrogens is 212 g/mol. The molecule has 0 unspecified atom stereocenters. The van der Waals surface area contributed by atoms with Crippen LogP contribution in [0.25, 0.3) is 0 Å². The van der Waals surface area contributed by atoms with Crippen LogP contribution in [0.15, 0.2) is 12.1 Å². The normalized spacial score (nSPS) is 10.6. The van der Waals surface area contributed by atoms with E-state index in [4.69, 9.17) is 17.3 Å². The summed E-state index contributed by atoms with van der Waals surface area (Å²) >= 11 is 5.53. The van der Waals surface area contributed by atoms with Gasteiger partial charge in [0.25, 0.3) is 6.43 Å². The molecule has 0 amide bonds. The van der Waals surface area contributed by atoms with Crippen molar-refractivity contribution in [3.05, 3.63) is 28.3 Å². The summed E-state index contributed by atoms with van der Waals surface area (Å²) in [7, 11) is 0. The summed E-state index contributed by atoms with van der Waals surface area (Å²) in [6, 6.07) is 2.20. The van der Waals surface area contributed by atoms with Gasteiger partial charge in [-0.3, -0.25) is 4.79 Å². The van der Waals surface area contributed by atoms with Crippen LogP contribution in [0.5, 0.6) is 0 Å². The number of halogens is 3. The van der Waals surface area contributed by atoms with Gasteiger partial charge in [-0.2, -0.15) is 0 Å². The molecule has 0 heterocycles. The van der Waals surface area contributed by atoms with Crippen LogP contribution in [0.3, 0.4) is 0 Å². The van der Waals surface area contributed by atoms with Crippen molar-refractivity contribution in [2.45, 2.75) is 13.3 Å². The molecule has 2 N–H and O–H groups in total. The number of nitrogens with two attached hydrogens (primary N) is 1. The Hall–Kier alpha value is -1.16. The molecular formula is C9H8ClF2NO. The fourth-order valence-corrected chi connectivity index (χ4v) is 1.33. The van der Waals surface area contributed by atoms with Crippen LogP contribution in [-0.4, -0.2) is 5.78 Å². The van der Waals surface area contributed by atoms with Crippen LogP contribution in [-0.2, 0) is 0 Å². The first kappa shape index (κ1) is 10.9. The highest BCUT2D eigenvalue weighted by atomic mass is 35.5. The van der Waals surface area contributed by atoms with Gasteiger partial charge in [-0.1, -0.05) is 11.6 Å². The molecule has 5 heteroatoms. The molecule has 0 atom stereocenters. The van der Waals surface area contributed by atoms with E-state index in [0.717, 1.165) is 6.07 Å². The Morgan fingerprint density at radius 2 is 2.07 bits per heavy atom. The van der Waals surface area contributed by atoms with E-state index in [-0.39, 0.29) is 27.6 Å². The van der Waals surface area contributed by atoms with Crippen molar-refractivity contribution in [3.63, 3.8) is 0 Å². The summed E-state index contributed by atoms with van der Waals surface area (Å²) in [5.74, 6) is -0.360. The zero-order valence-electron chi connectivity index (χ0n) is 7.35. The monoisotopic (exact) mass is 219 g/mol. The number of nitrogen functional groups attached to an aromatic ring is 1. The summed E-state index contributed by atoms with van der Waals surface area (Å²) < 4.78 is 24.7. The molecule has 0 aliphatic carbocycles. The molecule has 0 saturated carbocycles. The maximum Gasteiger partial charge on any atom is 0.265 e. The van der Waals surface area contributed by atoms with E-state index in [1.807, 2.05) is 0 Å². The van der Waals surface area contributed by atoms with Gasteiger partial charge >= 0.3 is 0 Å². The van der Waals surface area contributed by atoms with Gasteiger partial charge in [-0.15, -0.1) is 0 Å². The van der Waals surface area contributed by atoms with Crippen LogP contribution in [0, 0.1) is 0 Å². The van der Waals surface area contributed by atoms with Gasteiger partial charge in [-0.05, 0) is 19.1 Å². The SMILES string of the molecule is CC(=O)c1cc(C(F)F)c(Cl)cc1N. The molecule has 1 aromatic carbocycles. The number of anilines is 1. The van der Waals surface area contributed by atoms with E-state index >= 15 is 0 Å². The number of hydrogen-bond donors (Lipinski definition) is 1. The lowest BCUT2D eigenvalue weighted by molar-refractivity contribution is 0.101. The van der Waals surface area contributed by atoms with Crippen LogP contribution in [0.2, 0.25) is 5.02 Å². The van der Waals surface area contributed by atoms with E-state index in [1.54, 1.807) is 0 Å². The average Bonchev–Trinajstić information content (AvgIpc) is 2.02. The van der Waals surface area contributed by atoms with E-state index in [9.17, 15) is 13.6 Å². The number of carbonyl (C=O) groups is 1. The molecule has 1 rings (SSSR count). The summed E-state index contributed by atoms with van der Waals surface area (Å²) in [5, 5.41) is -0.123. The Morgan fingerprint density at radius 1 is 1.50 bits per heavy atom. The fourth-order valence-electron chi connectivity index (χ4n) is 1.08. The average molecular weight is 220 g/mol. The number of rotatable bonds is 2. The van der Waals surface area contributed by atoms with Gasteiger partial charge in [0.2, 0.25) is 0 Å². The molecule has 0 aromatic heterocycles. The second kappa shape index (κ2) is 3.92. The maximum atomic E-state index is 12.4. The minimum Gasteiger partial charge on any atom is -0.398 e. The van der Waals surface area contributed by atoms with Crippen LogP contribution < -0.4 is 5.73 Å². The highest BCUT2D eigenvalue weighted by Gasteiger charge is 2.16. The summed E-state index contributed by atoms with van der Waals surface area (Å²) in [6.45, 7) is 1.26. The quantitative estimate of drug-likeness (QED) is 0.614. The summed E-state index contributed by atoms with van der Waals surface area (Å²) in [4.78, 5) is 11.0. The van der Waals surface area contributed by atoms with E-state index in [0.29, 0.717) is 0 Å². The predicted octanol–water partition coefficient (Wildman–Crippen LogP) is 3.06. The highest BCUT2D eigenvalue weighted by Crippen LogP contribution is 2.31. The van der Waals surface area contributed by atoms with Crippen LogP contribution >= 0.6 is 11.6 Å². The van der Waals surface area contributed by atoms with Gasteiger partial charge < -0.3 is 5.73 Å². The molecule has 0 saturated heterocycles. The van der Waals surface area contributed by atoms with Gasteiger partial charge in [0, 0.05) is 16.8 Å². The first-order chi connectivity index (χ1) is 6.43. The van der Waals surface area contributed by atoms with E-state index < -0.39 is 6.43 Å². The second-order valence-corrected chi connectivity index (χ2v) is 3.23. The number of hydrogen-bond acceptors (Lipinski definition) is 2. The summed E-state index contributed by atoms with van der Waals surface area (Å²) in [6.07, 6.45) is -2.71. The Labute approximate surface area is 84.7 Å². The molecule has 0 aliphatic rings. The van der Waals surface area contributed by atoms with Crippen molar-refractivity contribution in [2.24, 2.45) is 0 Å². The highest BCUT2D eigenvalue weighted by molar-refractivity contribution is 6.32. The molecule has 76 valence electrons. The number of alkyl halides is 2. The van der Waals surface area contributed by atoms with Crippen molar-refractivity contribution in [3.8, 4) is 0 Å². The lowest BCUT2D eigenvalue weighted by Gasteiger charge is -2.07. The minimum atomic E-state index is -2.71. The zero-order chi connectivity index (χ0) is 10.9. The number of carbonyl (C=O) groups excluding carboxylic acids is 1. The summed E-state index contributed by atoms with van der Waals surface area (Å²) in [5.41, 5.74) is 5.26. The third-order valence-electron chi connectivity index (χ3n) is 1.78. The number of ketones is 1. The van der Waals surface area contributed by atoms with E-state index in [1.165, 1.54) is 13.0 Å². The maximum absolute atomic E-state index is 12.4. The third kappa shape index (κ3) is 2.01. The smallest absolute Gasteiger partial charge is 0.265 e. The topological polar surface area (TPSA) is 43.1 Å². The van der Waals surface area contributed by atoms with Crippen molar-refractivity contribution < 1.29 is 13.6 Å². The molecule has 1 aromatic rings. The zero-order valence-corrected chi connectivity index (χ0v) is 8.11. The molecule has 2 nitrogen and oxygen atoms in total. The van der Waals surface area contributed by atoms with E-state index in [2.05, 4.69) is 0 Å². The largest absolute Gasteiger partial charge is 0.398 e. The number of Topliss-reactive ketones (excluding diaryl/α,β-unsaturated/α-hetero) is 1. The minimum absolute atomic E-state index is 0.0738. The van der Waals surface area contributed by atoms with Gasteiger partial charge in [-0.25, -0.2) is 8.78 Å². The van der Waals surface area contributed by atoms with Crippen molar-refractivity contribution >= 4 is 23.1 Å². The molecule has 0 fully saturated rings. The molecule has 0 spiro atoms. The number of benzene rings is 1. The molecule has 0 bridgehead atoms. The van der Waals surface area contributed by atoms with Crippen molar-refractivity contribution in [1.29, 1.82) is 0 Å². The van der Waals surface area contributed by atoms with Crippen LogP contribution in [0.4, 0.5) is 14.5 Å². The third-order valence-corrected chi connectivity index (χ3v) is 2.11. The standard InChI is InChI=1S/C9H8ClF2NO/c1-4(14)5-2-6(9(11)12)7(10)3-8(5)13/h2-3,9H,13H2,1H3. The van der Waals surface area contributed by atoms with Gasteiger partial charge in [0.1, 0.15) is 0 Å². The van der Waals surface area contributed by atoms with Crippen molar-refractivity contribution in [2.75, 3.05) is 5.73 Å². The Bertz CT molecular complexity index is 379. The Morgan fingerprint density at radius 3 is 2.50 bits per heavy atom. The van der Waals surface area contributed by atoms with Crippen LogP contribution in [0.1, 0.15) is 29.3 Å². The predicted molar refractivity (Wildman–Crippen MR) is 50.8 cm³/mol. The second-order valence-electron chi connectivity index (χ2n) is 2.82. The van der Waals surface area contributed by atoms with Gasteiger partial charge in [0.05, 0.1) is 5.02 Å². The first-order valence-electron chi connectivity index (χ1n) is 3.81. The fraction of sp³-hybridized carbons (Fsp3) is 0.222. The Balaban J connectivity index is 3.34. The molecule has 14 heavy (non-hydrogen) atoms. The lowest BCUT2D eigenvalue weighted by atomic mass is 10.1. The van der Waals surface area contributed by atoms with Crippen molar-refractivity contribution in [1.82, 2.24) is 0 Å². The Kier molecular flexibility index (Phi) is 3.06. The first-order valence-corrected chi connectivity index (χ1v) is 4.19.